The van der Waals surface area contributed by atoms with Gasteiger partial charge in [0.25, 0.3) is 0 Å². The maximum atomic E-state index is 12.2. The molecule has 0 aliphatic carbocycles. The summed E-state index contributed by atoms with van der Waals surface area (Å²) in [7, 11) is 0. The van der Waals surface area contributed by atoms with Gasteiger partial charge in [-0.05, 0) is 19.3 Å². The van der Waals surface area contributed by atoms with Crippen LogP contribution in [0.3, 0.4) is 0 Å². The van der Waals surface area contributed by atoms with Crippen molar-refractivity contribution in [2.24, 2.45) is 5.92 Å². The molecule has 0 atom stereocenters. The number of hydrogen-bond acceptors (Lipinski definition) is 2. The van der Waals surface area contributed by atoms with E-state index in [2.05, 4.69) is 24.3 Å². The molecule has 0 unspecified atom stereocenters. The third-order valence-corrected chi connectivity index (χ3v) is 2.33. The summed E-state index contributed by atoms with van der Waals surface area (Å²) in [4.78, 5) is 0. The maximum absolute atomic E-state index is 12.2. The number of rotatable bonds is 6. The lowest BCUT2D eigenvalue weighted by Gasteiger charge is -2.11. The standard InChI is InChI=1S/C11H20FN3.ClH/c1-9(2)4-6-13-11-10(3)8-14-15(11)7-5-12;/h8-9,13H,4-7H2,1-3H3;1H. The summed E-state index contributed by atoms with van der Waals surface area (Å²) in [6.45, 7) is 7.23. The van der Waals surface area contributed by atoms with E-state index < -0.39 is 0 Å². The minimum Gasteiger partial charge on any atom is -0.370 e. The van der Waals surface area contributed by atoms with Crippen LogP contribution in [0.25, 0.3) is 0 Å². The van der Waals surface area contributed by atoms with Crippen LogP contribution in [0.2, 0.25) is 0 Å². The highest BCUT2D eigenvalue weighted by molar-refractivity contribution is 5.85. The average Bonchev–Trinajstić information content (AvgIpc) is 2.50. The second kappa shape index (κ2) is 7.49. The van der Waals surface area contributed by atoms with Crippen molar-refractivity contribution in [3.63, 3.8) is 0 Å². The number of anilines is 1. The second-order valence-corrected chi connectivity index (χ2v) is 4.20. The van der Waals surface area contributed by atoms with E-state index in [1.54, 1.807) is 10.9 Å². The molecule has 0 aromatic carbocycles. The van der Waals surface area contributed by atoms with Gasteiger partial charge in [0.2, 0.25) is 0 Å². The van der Waals surface area contributed by atoms with Crippen LogP contribution < -0.4 is 5.32 Å². The summed E-state index contributed by atoms with van der Waals surface area (Å²) in [5, 5.41) is 7.43. The molecule has 0 radical (unpaired) electrons. The molecule has 0 saturated carbocycles. The number of halogens is 2. The Hall–Kier alpha value is -0.770. The van der Waals surface area contributed by atoms with Gasteiger partial charge in [0.05, 0.1) is 12.7 Å². The number of nitrogens with one attached hydrogen (secondary N) is 1. The Morgan fingerprint density at radius 3 is 2.75 bits per heavy atom. The van der Waals surface area contributed by atoms with Crippen molar-refractivity contribution >= 4 is 18.2 Å². The topological polar surface area (TPSA) is 29.9 Å². The zero-order chi connectivity index (χ0) is 11.3. The van der Waals surface area contributed by atoms with E-state index in [1.807, 2.05) is 6.92 Å². The summed E-state index contributed by atoms with van der Waals surface area (Å²) in [6.07, 6.45) is 2.88. The fraction of sp³-hybridized carbons (Fsp3) is 0.727. The quantitative estimate of drug-likeness (QED) is 0.840. The Morgan fingerprint density at radius 2 is 2.19 bits per heavy atom. The van der Waals surface area contributed by atoms with Crippen LogP contribution in [0.5, 0.6) is 0 Å². The summed E-state index contributed by atoms with van der Waals surface area (Å²) in [5.41, 5.74) is 1.08. The number of hydrogen-bond donors (Lipinski definition) is 1. The van der Waals surface area contributed by atoms with Crippen LogP contribution in [0.4, 0.5) is 10.2 Å². The van der Waals surface area contributed by atoms with Gasteiger partial charge in [0.15, 0.2) is 0 Å². The van der Waals surface area contributed by atoms with Gasteiger partial charge in [-0.3, -0.25) is 0 Å². The molecule has 1 aromatic rings. The van der Waals surface area contributed by atoms with E-state index in [0.717, 1.165) is 24.3 Å². The Labute approximate surface area is 103 Å². The molecule has 16 heavy (non-hydrogen) atoms. The predicted octanol–water partition coefficient (Wildman–Crippen LogP) is 3.04. The Bertz CT molecular complexity index is 299. The molecule has 1 heterocycles. The second-order valence-electron chi connectivity index (χ2n) is 4.20. The minimum atomic E-state index is -0.375. The first-order chi connectivity index (χ1) is 7.15. The highest BCUT2D eigenvalue weighted by Gasteiger charge is 2.06. The minimum absolute atomic E-state index is 0. The zero-order valence-electron chi connectivity index (χ0n) is 10.2. The van der Waals surface area contributed by atoms with Crippen molar-refractivity contribution in [2.75, 3.05) is 18.5 Å². The molecule has 0 aliphatic heterocycles. The van der Waals surface area contributed by atoms with E-state index in [0.29, 0.717) is 12.5 Å². The van der Waals surface area contributed by atoms with Crippen molar-refractivity contribution in [3.05, 3.63) is 11.8 Å². The van der Waals surface area contributed by atoms with Crippen molar-refractivity contribution in [3.8, 4) is 0 Å². The molecule has 0 aliphatic rings. The summed E-state index contributed by atoms with van der Waals surface area (Å²) >= 11 is 0. The van der Waals surface area contributed by atoms with Crippen LogP contribution in [-0.2, 0) is 6.54 Å². The van der Waals surface area contributed by atoms with Gasteiger partial charge in [-0.2, -0.15) is 5.10 Å². The van der Waals surface area contributed by atoms with Gasteiger partial charge >= 0.3 is 0 Å². The summed E-state index contributed by atoms with van der Waals surface area (Å²) in [5.74, 6) is 1.63. The fourth-order valence-electron chi connectivity index (χ4n) is 1.44. The molecule has 1 rings (SSSR count). The molecule has 3 nitrogen and oxygen atoms in total. The molecule has 0 bridgehead atoms. The fourth-order valence-corrected chi connectivity index (χ4v) is 1.44. The van der Waals surface area contributed by atoms with E-state index in [9.17, 15) is 4.39 Å². The SMILES string of the molecule is Cc1cnn(CCF)c1NCCC(C)C.Cl. The lowest BCUT2D eigenvalue weighted by atomic mass is 10.1. The lowest BCUT2D eigenvalue weighted by molar-refractivity contribution is 0.429. The molecular weight excluding hydrogens is 229 g/mol. The van der Waals surface area contributed by atoms with Gasteiger partial charge in [-0.15, -0.1) is 12.4 Å². The molecule has 1 aromatic heterocycles. The molecule has 0 saturated heterocycles. The Morgan fingerprint density at radius 1 is 1.50 bits per heavy atom. The normalized spacial score (nSPS) is 10.3. The van der Waals surface area contributed by atoms with Crippen molar-refractivity contribution in [1.82, 2.24) is 9.78 Å². The summed E-state index contributed by atoms with van der Waals surface area (Å²) in [6, 6.07) is 0. The Balaban J connectivity index is 0.00000225. The number of aryl methyl sites for hydroxylation is 2. The molecule has 5 heteroatoms. The van der Waals surface area contributed by atoms with Crippen molar-refractivity contribution in [1.29, 1.82) is 0 Å². The zero-order valence-corrected chi connectivity index (χ0v) is 11.0. The van der Waals surface area contributed by atoms with Crippen LogP contribution in [0.15, 0.2) is 6.20 Å². The first-order valence-electron chi connectivity index (χ1n) is 5.47. The van der Waals surface area contributed by atoms with Gasteiger partial charge in [-0.1, -0.05) is 13.8 Å². The van der Waals surface area contributed by atoms with Crippen LogP contribution in [0.1, 0.15) is 25.8 Å². The van der Waals surface area contributed by atoms with Crippen LogP contribution in [-0.4, -0.2) is 23.0 Å². The van der Waals surface area contributed by atoms with Crippen molar-refractivity contribution in [2.45, 2.75) is 33.7 Å². The predicted molar refractivity (Wildman–Crippen MR) is 68.1 cm³/mol. The van der Waals surface area contributed by atoms with Crippen LogP contribution >= 0.6 is 12.4 Å². The van der Waals surface area contributed by atoms with Crippen molar-refractivity contribution < 1.29 is 4.39 Å². The van der Waals surface area contributed by atoms with E-state index in [-0.39, 0.29) is 19.1 Å². The monoisotopic (exact) mass is 249 g/mol. The van der Waals surface area contributed by atoms with Gasteiger partial charge in [0.1, 0.15) is 12.5 Å². The average molecular weight is 250 g/mol. The Kier molecular flexibility index (Phi) is 7.13. The lowest BCUT2D eigenvalue weighted by Crippen LogP contribution is -2.12. The highest BCUT2D eigenvalue weighted by atomic mass is 35.5. The number of alkyl halides is 1. The largest absolute Gasteiger partial charge is 0.370 e. The van der Waals surface area contributed by atoms with E-state index in [1.165, 1.54) is 0 Å². The van der Waals surface area contributed by atoms with E-state index >= 15 is 0 Å². The van der Waals surface area contributed by atoms with E-state index in [4.69, 9.17) is 0 Å². The van der Waals surface area contributed by atoms with Gasteiger partial charge in [-0.25, -0.2) is 9.07 Å². The summed E-state index contributed by atoms with van der Waals surface area (Å²) < 4.78 is 13.9. The van der Waals surface area contributed by atoms with Gasteiger partial charge in [0, 0.05) is 12.1 Å². The first-order valence-corrected chi connectivity index (χ1v) is 5.47. The molecule has 1 N–H and O–H groups in total. The van der Waals surface area contributed by atoms with Gasteiger partial charge < -0.3 is 5.32 Å². The molecule has 94 valence electrons. The number of aromatic nitrogens is 2. The molecule has 0 amide bonds. The third kappa shape index (κ3) is 4.39. The third-order valence-electron chi connectivity index (χ3n) is 2.33. The number of nitrogens with zero attached hydrogens (tertiary/aromatic N) is 2. The highest BCUT2D eigenvalue weighted by Crippen LogP contribution is 2.14. The molecule has 0 fully saturated rings. The first kappa shape index (κ1) is 15.2. The molecule has 0 spiro atoms. The van der Waals surface area contributed by atoms with Crippen LogP contribution in [0, 0.1) is 12.8 Å². The smallest absolute Gasteiger partial charge is 0.127 e. The maximum Gasteiger partial charge on any atom is 0.127 e. The molecular formula is C11H21ClFN3.